The molecule has 2 heterocycles. The molecule has 1 saturated heterocycles. The molecule has 2 rings (SSSR count). The topological polar surface area (TPSA) is 85.6 Å². The molecule has 1 fully saturated rings. The summed E-state index contributed by atoms with van der Waals surface area (Å²) in [4.78, 5) is 28.1. The van der Waals surface area contributed by atoms with Gasteiger partial charge >= 0.3 is 6.09 Å². The van der Waals surface area contributed by atoms with E-state index in [9.17, 15) is 14.9 Å². The van der Waals surface area contributed by atoms with Crippen LogP contribution in [0.25, 0.3) is 0 Å². The van der Waals surface area contributed by atoms with Crippen molar-refractivity contribution in [2.75, 3.05) is 6.54 Å². The minimum Gasteiger partial charge on any atom is -0.444 e. The van der Waals surface area contributed by atoms with E-state index < -0.39 is 16.6 Å². The molecule has 1 aliphatic heterocycles. The lowest BCUT2D eigenvalue weighted by atomic mass is 10.1. The van der Waals surface area contributed by atoms with Crippen molar-refractivity contribution in [3.05, 3.63) is 34.1 Å². The Balaban J connectivity index is 2.20. The number of hydrogen-bond donors (Lipinski definition) is 0. The highest BCUT2D eigenvalue weighted by molar-refractivity contribution is 5.69. The minimum absolute atomic E-state index is 0.0662. The van der Waals surface area contributed by atoms with Crippen molar-refractivity contribution in [2.24, 2.45) is 0 Å². The Morgan fingerprint density at radius 1 is 1.48 bits per heavy atom. The molecule has 0 N–H and O–H groups in total. The third kappa shape index (κ3) is 3.68. The Morgan fingerprint density at radius 3 is 2.81 bits per heavy atom. The first-order valence-corrected chi connectivity index (χ1v) is 6.87. The zero-order valence-electron chi connectivity index (χ0n) is 12.4. The van der Waals surface area contributed by atoms with Crippen molar-refractivity contribution < 1.29 is 14.5 Å². The zero-order chi connectivity index (χ0) is 15.6. The fourth-order valence-corrected chi connectivity index (χ4v) is 2.38. The third-order valence-corrected chi connectivity index (χ3v) is 3.22. The fourth-order valence-electron chi connectivity index (χ4n) is 2.38. The Labute approximate surface area is 123 Å². The quantitative estimate of drug-likeness (QED) is 0.618. The Morgan fingerprint density at radius 2 is 2.19 bits per heavy atom. The van der Waals surface area contributed by atoms with Gasteiger partial charge in [-0.2, -0.15) is 0 Å². The highest BCUT2D eigenvalue weighted by atomic mass is 16.6. The number of carbonyl (C=O) groups excluding carboxylic acids is 1. The molecule has 1 atom stereocenters. The van der Waals surface area contributed by atoms with Crippen molar-refractivity contribution in [3.8, 4) is 0 Å². The molecule has 1 aliphatic rings. The molecule has 0 saturated carbocycles. The van der Waals surface area contributed by atoms with Gasteiger partial charge in [0.05, 0.1) is 11.0 Å². The van der Waals surface area contributed by atoms with Gasteiger partial charge in [-0.3, -0.25) is 15.1 Å². The van der Waals surface area contributed by atoms with Crippen LogP contribution in [0.4, 0.5) is 10.5 Å². The first kappa shape index (κ1) is 15.2. The van der Waals surface area contributed by atoms with Crippen LogP contribution >= 0.6 is 0 Å². The molecule has 1 aromatic rings. The van der Waals surface area contributed by atoms with E-state index in [1.165, 1.54) is 12.3 Å². The molecule has 114 valence electrons. The summed E-state index contributed by atoms with van der Waals surface area (Å²) in [7, 11) is 0. The van der Waals surface area contributed by atoms with E-state index in [0.717, 1.165) is 12.8 Å². The van der Waals surface area contributed by atoms with Crippen LogP contribution in [0.3, 0.4) is 0 Å². The lowest BCUT2D eigenvalue weighted by Gasteiger charge is -2.28. The predicted molar refractivity (Wildman–Crippen MR) is 75.8 cm³/mol. The molecule has 0 radical (unpaired) electrons. The maximum Gasteiger partial charge on any atom is 0.410 e. The largest absolute Gasteiger partial charge is 0.444 e. The molecule has 1 aromatic heterocycles. The number of rotatable bonds is 2. The highest BCUT2D eigenvalue weighted by Gasteiger charge is 2.33. The standard InChI is InChI=1S/C14H19N3O4/c1-14(2,3)21-13(18)16-6-4-5-12(16)10-7-11(17(19)20)9-15-8-10/h7-9,12H,4-6H2,1-3H3. The zero-order valence-corrected chi connectivity index (χ0v) is 12.4. The van der Waals surface area contributed by atoms with E-state index >= 15 is 0 Å². The van der Waals surface area contributed by atoms with Gasteiger partial charge in [-0.25, -0.2) is 4.79 Å². The fraction of sp³-hybridized carbons (Fsp3) is 0.571. The maximum absolute atomic E-state index is 12.2. The summed E-state index contributed by atoms with van der Waals surface area (Å²) in [5, 5.41) is 10.8. The molecule has 7 heteroatoms. The van der Waals surface area contributed by atoms with E-state index in [1.807, 2.05) is 20.8 Å². The van der Waals surface area contributed by atoms with Crippen LogP contribution in [0.1, 0.15) is 45.2 Å². The number of amides is 1. The summed E-state index contributed by atoms with van der Waals surface area (Å²) < 4.78 is 5.38. The van der Waals surface area contributed by atoms with Gasteiger partial charge in [0.2, 0.25) is 0 Å². The summed E-state index contributed by atoms with van der Waals surface area (Å²) in [6.07, 6.45) is 3.97. The van der Waals surface area contributed by atoms with Crippen molar-refractivity contribution in [1.82, 2.24) is 9.88 Å². The number of likely N-dealkylation sites (tertiary alicyclic amines) is 1. The van der Waals surface area contributed by atoms with Crippen LogP contribution in [-0.4, -0.2) is 33.0 Å². The summed E-state index contributed by atoms with van der Waals surface area (Å²) in [6.45, 7) is 6.02. The van der Waals surface area contributed by atoms with Crippen LogP contribution in [-0.2, 0) is 4.74 Å². The summed E-state index contributed by atoms with van der Waals surface area (Å²) in [6, 6.07) is 1.26. The lowest BCUT2D eigenvalue weighted by molar-refractivity contribution is -0.385. The maximum atomic E-state index is 12.2. The van der Waals surface area contributed by atoms with Gasteiger partial charge in [0, 0.05) is 18.8 Å². The molecular formula is C14H19N3O4. The van der Waals surface area contributed by atoms with Gasteiger partial charge in [-0.15, -0.1) is 0 Å². The smallest absolute Gasteiger partial charge is 0.410 e. The summed E-state index contributed by atoms with van der Waals surface area (Å²) in [5.41, 5.74) is 0.0432. The van der Waals surface area contributed by atoms with E-state index in [-0.39, 0.29) is 11.7 Å². The Hall–Kier alpha value is -2.18. The average molecular weight is 293 g/mol. The van der Waals surface area contributed by atoms with Crippen LogP contribution in [0.5, 0.6) is 0 Å². The van der Waals surface area contributed by atoms with E-state index in [2.05, 4.69) is 4.98 Å². The molecule has 1 unspecified atom stereocenters. The SMILES string of the molecule is CC(C)(C)OC(=O)N1CCCC1c1cncc([N+](=O)[O-])c1. The van der Waals surface area contributed by atoms with Gasteiger partial charge < -0.3 is 9.64 Å². The van der Waals surface area contributed by atoms with Gasteiger partial charge in [0.1, 0.15) is 11.8 Å². The average Bonchev–Trinajstić information content (AvgIpc) is 2.86. The van der Waals surface area contributed by atoms with Crippen LogP contribution in [0.15, 0.2) is 18.5 Å². The summed E-state index contributed by atoms with van der Waals surface area (Å²) >= 11 is 0. The predicted octanol–water partition coefficient (Wildman–Crippen LogP) is 3.06. The lowest BCUT2D eigenvalue weighted by Crippen LogP contribution is -2.36. The first-order valence-electron chi connectivity index (χ1n) is 6.87. The molecule has 0 aromatic carbocycles. The number of carbonyl (C=O) groups is 1. The van der Waals surface area contributed by atoms with Gasteiger partial charge in [0.25, 0.3) is 5.69 Å². The molecule has 0 bridgehead atoms. The van der Waals surface area contributed by atoms with E-state index in [1.54, 1.807) is 11.1 Å². The van der Waals surface area contributed by atoms with Gasteiger partial charge in [-0.1, -0.05) is 0 Å². The van der Waals surface area contributed by atoms with Gasteiger partial charge in [0.15, 0.2) is 0 Å². The Bertz CT molecular complexity index is 553. The molecular weight excluding hydrogens is 274 g/mol. The molecule has 21 heavy (non-hydrogen) atoms. The second-order valence-electron chi connectivity index (χ2n) is 6.07. The molecule has 0 aliphatic carbocycles. The second-order valence-corrected chi connectivity index (χ2v) is 6.07. The number of aromatic nitrogens is 1. The molecule has 7 nitrogen and oxygen atoms in total. The molecule has 1 amide bonds. The minimum atomic E-state index is -0.564. The number of pyridine rings is 1. The monoisotopic (exact) mass is 293 g/mol. The van der Waals surface area contributed by atoms with Crippen LogP contribution in [0, 0.1) is 10.1 Å². The Kier molecular flexibility index (Phi) is 4.11. The number of nitro groups is 1. The normalized spacial score (nSPS) is 18.6. The van der Waals surface area contributed by atoms with Crippen molar-refractivity contribution >= 4 is 11.8 Å². The van der Waals surface area contributed by atoms with Crippen LogP contribution in [0.2, 0.25) is 0 Å². The third-order valence-electron chi connectivity index (χ3n) is 3.22. The number of hydrogen-bond acceptors (Lipinski definition) is 5. The highest BCUT2D eigenvalue weighted by Crippen LogP contribution is 2.33. The molecule has 0 spiro atoms. The van der Waals surface area contributed by atoms with E-state index in [0.29, 0.717) is 12.1 Å². The first-order chi connectivity index (χ1) is 9.78. The van der Waals surface area contributed by atoms with E-state index in [4.69, 9.17) is 4.74 Å². The second kappa shape index (κ2) is 5.67. The van der Waals surface area contributed by atoms with Crippen molar-refractivity contribution in [3.63, 3.8) is 0 Å². The van der Waals surface area contributed by atoms with Crippen molar-refractivity contribution in [1.29, 1.82) is 0 Å². The van der Waals surface area contributed by atoms with Crippen molar-refractivity contribution in [2.45, 2.75) is 45.3 Å². The van der Waals surface area contributed by atoms with Crippen LogP contribution < -0.4 is 0 Å². The van der Waals surface area contributed by atoms with Gasteiger partial charge in [-0.05, 0) is 39.2 Å². The summed E-state index contributed by atoms with van der Waals surface area (Å²) in [5.74, 6) is 0. The number of nitrogens with zero attached hydrogens (tertiary/aromatic N) is 3. The number of ether oxygens (including phenoxy) is 1.